The molecule has 3 N–H and O–H groups in total. The van der Waals surface area contributed by atoms with Gasteiger partial charge in [-0.15, -0.1) is 0 Å². The van der Waals surface area contributed by atoms with Crippen molar-refractivity contribution in [2.75, 3.05) is 10.6 Å². The second-order valence-electron chi connectivity index (χ2n) is 4.38. The molecule has 0 aromatic heterocycles. The zero-order valence-corrected chi connectivity index (χ0v) is 9.19. The molecule has 15 heavy (non-hydrogen) atoms. The van der Waals surface area contributed by atoms with E-state index in [9.17, 15) is 4.79 Å². The molecule has 0 aliphatic heterocycles. The van der Waals surface area contributed by atoms with Crippen molar-refractivity contribution in [3.05, 3.63) is 24.3 Å². The Morgan fingerprint density at radius 1 is 1.27 bits per heavy atom. The third-order valence-electron chi connectivity index (χ3n) is 2.01. The van der Waals surface area contributed by atoms with Crippen LogP contribution in [0, 0.1) is 0 Å². The first kappa shape index (κ1) is 11.4. The summed E-state index contributed by atoms with van der Waals surface area (Å²) in [5.74, 6) is 0. The van der Waals surface area contributed by atoms with E-state index in [-0.39, 0.29) is 0 Å². The Morgan fingerprint density at radius 3 is 2.07 bits per heavy atom. The molecular weight excluding hydrogens is 192 g/mol. The molecule has 0 bridgehead atoms. The van der Waals surface area contributed by atoms with Crippen molar-refractivity contribution in [1.82, 2.24) is 0 Å². The Kier molecular flexibility index (Phi) is 2.88. The van der Waals surface area contributed by atoms with E-state index in [1.165, 1.54) is 4.90 Å². The van der Waals surface area contributed by atoms with E-state index in [2.05, 4.69) is 0 Å². The summed E-state index contributed by atoms with van der Waals surface area (Å²) < 4.78 is 0. The zero-order valence-electron chi connectivity index (χ0n) is 9.19. The number of carboxylic acid groups (broad SMARTS) is 1. The van der Waals surface area contributed by atoms with Gasteiger partial charge in [-0.3, -0.25) is 4.90 Å². The van der Waals surface area contributed by atoms with E-state index in [1.54, 1.807) is 24.3 Å². The van der Waals surface area contributed by atoms with Crippen LogP contribution in [0.2, 0.25) is 0 Å². The molecule has 0 radical (unpaired) electrons. The van der Waals surface area contributed by atoms with E-state index in [0.29, 0.717) is 11.4 Å². The number of anilines is 2. The topological polar surface area (TPSA) is 66.6 Å². The average molecular weight is 208 g/mol. The molecule has 0 aliphatic rings. The predicted molar refractivity (Wildman–Crippen MR) is 61.1 cm³/mol. The predicted octanol–water partition coefficient (Wildman–Crippen LogP) is 2.55. The van der Waals surface area contributed by atoms with Crippen LogP contribution >= 0.6 is 0 Å². The van der Waals surface area contributed by atoms with Gasteiger partial charge in [-0.1, -0.05) is 0 Å². The van der Waals surface area contributed by atoms with Crippen molar-refractivity contribution in [2.24, 2.45) is 0 Å². The van der Waals surface area contributed by atoms with Crippen molar-refractivity contribution >= 4 is 17.5 Å². The van der Waals surface area contributed by atoms with Crippen LogP contribution in [-0.2, 0) is 0 Å². The minimum Gasteiger partial charge on any atom is -0.465 e. The largest absolute Gasteiger partial charge is 0.465 e. The smallest absolute Gasteiger partial charge is 0.412 e. The van der Waals surface area contributed by atoms with Crippen LogP contribution in [0.15, 0.2) is 24.3 Å². The van der Waals surface area contributed by atoms with E-state index >= 15 is 0 Å². The lowest BCUT2D eigenvalue weighted by atomic mass is 10.1. The fourth-order valence-electron chi connectivity index (χ4n) is 1.41. The highest BCUT2D eigenvalue weighted by atomic mass is 16.4. The monoisotopic (exact) mass is 208 g/mol. The van der Waals surface area contributed by atoms with Gasteiger partial charge in [-0.05, 0) is 45.0 Å². The zero-order chi connectivity index (χ0) is 11.6. The van der Waals surface area contributed by atoms with Gasteiger partial charge in [0, 0.05) is 16.9 Å². The van der Waals surface area contributed by atoms with Gasteiger partial charge in [0.2, 0.25) is 0 Å². The van der Waals surface area contributed by atoms with Gasteiger partial charge in [0.15, 0.2) is 0 Å². The summed E-state index contributed by atoms with van der Waals surface area (Å²) in [6.45, 7) is 5.53. The first-order valence-corrected chi connectivity index (χ1v) is 4.71. The minimum absolute atomic E-state index is 0.470. The third kappa shape index (κ3) is 2.62. The highest BCUT2D eigenvalue weighted by molar-refractivity contribution is 5.87. The van der Waals surface area contributed by atoms with Gasteiger partial charge in [0.05, 0.1) is 0 Å². The molecule has 1 amide bonds. The fourth-order valence-corrected chi connectivity index (χ4v) is 1.41. The van der Waals surface area contributed by atoms with Gasteiger partial charge < -0.3 is 10.8 Å². The van der Waals surface area contributed by atoms with Gasteiger partial charge in [-0.25, -0.2) is 4.79 Å². The van der Waals surface area contributed by atoms with Crippen molar-refractivity contribution < 1.29 is 9.90 Å². The number of hydrogen-bond donors (Lipinski definition) is 2. The van der Waals surface area contributed by atoms with Crippen molar-refractivity contribution in [3.63, 3.8) is 0 Å². The van der Waals surface area contributed by atoms with E-state index in [1.807, 2.05) is 20.8 Å². The van der Waals surface area contributed by atoms with Crippen molar-refractivity contribution in [2.45, 2.75) is 26.3 Å². The molecule has 4 heteroatoms. The molecule has 0 spiro atoms. The SMILES string of the molecule is CC(C)(C)N(C(=O)O)c1ccc(N)cc1. The second kappa shape index (κ2) is 3.81. The van der Waals surface area contributed by atoms with Crippen LogP contribution in [0.4, 0.5) is 16.2 Å². The summed E-state index contributed by atoms with van der Waals surface area (Å²) in [5, 5.41) is 9.13. The summed E-state index contributed by atoms with van der Waals surface area (Å²) in [7, 11) is 0. The Hall–Kier alpha value is -1.71. The molecule has 82 valence electrons. The van der Waals surface area contributed by atoms with Crippen molar-refractivity contribution in [3.8, 4) is 0 Å². The number of carbonyl (C=O) groups is 1. The van der Waals surface area contributed by atoms with Crippen LogP contribution in [0.25, 0.3) is 0 Å². The standard InChI is InChI=1S/C11H16N2O2/c1-11(2,3)13(10(14)15)9-6-4-8(12)5-7-9/h4-7H,12H2,1-3H3,(H,14,15). The molecule has 0 saturated carbocycles. The fraction of sp³-hybridized carbons (Fsp3) is 0.364. The van der Waals surface area contributed by atoms with Gasteiger partial charge in [-0.2, -0.15) is 0 Å². The van der Waals surface area contributed by atoms with Gasteiger partial charge in [0.1, 0.15) is 0 Å². The summed E-state index contributed by atoms with van der Waals surface area (Å²) >= 11 is 0. The van der Waals surface area contributed by atoms with Crippen LogP contribution in [-0.4, -0.2) is 16.7 Å². The van der Waals surface area contributed by atoms with E-state index < -0.39 is 11.6 Å². The van der Waals surface area contributed by atoms with E-state index in [0.717, 1.165) is 0 Å². The Labute approximate surface area is 89.3 Å². The molecule has 0 saturated heterocycles. The second-order valence-corrected chi connectivity index (χ2v) is 4.38. The number of nitrogen functional groups attached to an aromatic ring is 1. The number of amides is 1. The van der Waals surface area contributed by atoms with Crippen LogP contribution in [0.3, 0.4) is 0 Å². The normalized spacial score (nSPS) is 11.1. The lowest BCUT2D eigenvalue weighted by molar-refractivity contribution is 0.195. The number of nitrogens with zero attached hydrogens (tertiary/aromatic N) is 1. The number of hydrogen-bond acceptors (Lipinski definition) is 2. The molecule has 1 aromatic rings. The van der Waals surface area contributed by atoms with Crippen LogP contribution in [0.1, 0.15) is 20.8 Å². The molecule has 0 heterocycles. The summed E-state index contributed by atoms with van der Waals surface area (Å²) in [6, 6.07) is 6.79. The van der Waals surface area contributed by atoms with Crippen LogP contribution < -0.4 is 10.6 Å². The first-order chi connectivity index (χ1) is 6.82. The van der Waals surface area contributed by atoms with E-state index in [4.69, 9.17) is 10.8 Å². The summed E-state index contributed by atoms with van der Waals surface area (Å²) in [6.07, 6.45) is -0.965. The molecule has 0 aliphatic carbocycles. The van der Waals surface area contributed by atoms with Gasteiger partial charge >= 0.3 is 6.09 Å². The first-order valence-electron chi connectivity index (χ1n) is 4.71. The molecule has 0 atom stereocenters. The van der Waals surface area contributed by atoms with Gasteiger partial charge in [0.25, 0.3) is 0 Å². The Balaban J connectivity index is 3.11. The number of benzene rings is 1. The molecule has 4 nitrogen and oxygen atoms in total. The van der Waals surface area contributed by atoms with Crippen molar-refractivity contribution in [1.29, 1.82) is 0 Å². The summed E-state index contributed by atoms with van der Waals surface area (Å²) in [5.41, 5.74) is 6.33. The molecular formula is C11H16N2O2. The lowest BCUT2D eigenvalue weighted by Crippen LogP contribution is -2.45. The average Bonchev–Trinajstić information content (AvgIpc) is 2.05. The Bertz CT molecular complexity index is 352. The highest BCUT2D eigenvalue weighted by Crippen LogP contribution is 2.24. The molecule has 1 rings (SSSR count). The maximum Gasteiger partial charge on any atom is 0.412 e. The Morgan fingerprint density at radius 2 is 1.73 bits per heavy atom. The number of rotatable bonds is 1. The number of nitrogens with two attached hydrogens (primary N) is 1. The molecule has 0 unspecified atom stereocenters. The highest BCUT2D eigenvalue weighted by Gasteiger charge is 2.27. The molecule has 0 fully saturated rings. The minimum atomic E-state index is -0.965. The third-order valence-corrected chi connectivity index (χ3v) is 2.01. The maximum atomic E-state index is 11.1. The lowest BCUT2D eigenvalue weighted by Gasteiger charge is -2.33. The van der Waals surface area contributed by atoms with Crippen LogP contribution in [0.5, 0.6) is 0 Å². The molecule has 1 aromatic carbocycles. The summed E-state index contributed by atoms with van der Waals surface area (Å²) in [4.78, 5) is 12.4. The quantitative estimate of drug-likeness (QED) is 0.697. The maximum absolute atomic E-state index is 11.1.